The number of hydrogen-bond donors (Lipinski definition) is 1. The van der Waals surface area contributed by atoms with Gasteiger partial charge in [-0.3, -0.25) is 0 Å². The monoisotopic (exact) mass is 234 g/mol. The molecule has 0 amide bonds. The van der Waals surface area contributed by atoms with Crippen molar-refractivity contribution in [3.05, 3.63) is 23.8 Å². The molecule has 1 atom stereocenters. The van der Waals surface area contributed by atoms with Gasteiger partial charge in [-0.15, -0.1) is 0 Å². The summed E-state index contributed by atoms with van der Waals surface area (Å²) >= 11 is 0. The van der Waals surface area contributed by atoms with Crippen LogP contribution in [-0.4, -0.2) is 17.8 Å². The molecule has 0 aromatic heterocycles. The predicted molar refractivity (Wildman–Crippen MR) is 64.4 cm³/mol. The molecule has 0 radical (unpaired) electrons. The maximum absolute atomic E-state index is 10.2. The standard InChI is InChI=1S/C14H18O3/c1-16-10-4-5-11-12(15)9-14(6-2-3-7-14)17-13(11)8-10/h4-5,8,12,15H,2-3,6-7,9H2,1H3/t12-/m1/s1. The van der Waals surface area contributed by atoms with Crippen LogP contribution in [0.1, 0.15) is 43.8 Å². The van der Waals surface area contributed by atoms with Crippen molar-refractivity contribution in [3.8, 4) is 11.5 Å². The van der Waals surface area contributed by atoms with E-state index in [4.69, 9.17) is 9.47 Å². The van der Waals surface area contributed by atoms with Gasteiger partial charge in [-0.25, -0.2) is 0 Å². The van der Waals surface area contributed by atoms with Gasteiger partial charge in [-0.2, -0.15) is 0 Å². The van der Waals surface area contributed by atoms with Crippen molar-refractivity contribution in [1.82, 2.24) is 0 Å². The van der Waals surface area contributed by atoms with Crippen molar-refractivity contribution in [2.75, 3.05) is 7.11 Å². The molecule has 3 nitrogen and oxygen atoms in total. The normalized spacial score (nSPS) is 25.4. The Labute approximate surface area is 101 Å². The van der Waals surface area contributed by atoms with Gasteiger partial charge in [-0.05, 0) is 37.8 Å². The molecule has 3 heteroatoms. The van der Waals surface area contributed by atoms with Crippen LogP contribution in [0.3, 0.4) is 0 Å². The first kappa shape index (κ1) is 10.9. The van der Waals surface area contributed by atoms with Gasteiger partial charge < -0.3 is 14.6 Å². The molecule has 1 heterocycles. The van der Waals surface area contributed by atoms with E-state index < -0.39 is 6.10 Å². The third-order valence-corrected chi connectivity index (χ3v) is 3.99. The van der Waals surface area contributed by atoms with Gasteiger partial charge in [0.2, 0.25) is 0 Å². The van der Waals surface area contributed by atoms with E-state index >= 15 is 0 Å². The van der Waals surface area contributed by atoms with E-state index in [9.17, 15) is 5.11 Å². The first-order valence-corrected chi connectivity index (χ1v) is 6.27. The van der Waals surface area contributed by atoms with E-state index in [2.05, 4.69) is 0 Å². The zero-order valence-electron chi connectivity index (χ0n) is 10.1. The Balaban J connectivity index is 1.97. The Bertz CT molecular complexity index is 421. The molecule has 1 fully saturated rings. The van der Waals surface area contributed by atoms with Crippen LogP contribution in [0.25, 0.3) is 0 Å². The molecule has 2 aliphatic rings. The van der Waals surface area contributed by atoms with Crippen LogP contribution in [0.2, 0.25) is 0 Å². The van der Waals surface area contributed by atoms with Crippen molar-refractivity contribution in [2.24, 2.45) is 0 Å². The average Bonchev–Trinajstić information content (AvgIpc) is 2.76. The molecule has 0 saturated heterocycles. The maximum Gasteiger partial charge on any atom is 0.129 e. The number of aliphatic hydroxyl groups excluding tert-OH is 1. The minimum absolute atomic E-state index is 0.126. The molecule has 1 aliphatic heterocycles. The Kier molecular flexibility index (Phi) is 2.51. The van der Waals surface area contributed by atoms with E-state index in [0.29, 0.717) is 0 Å². The third-order valence-electron chi connectivity index (χ3n) is 3.99. The van der Waals surface area contributed by atoms with Crippen molar-refractivity contribution < 1.29 is 14.6 Å². The number of rotatable bonds is 1. The maximum atomic E-state index is 10.2. The Morgan fingerprint density at radius 3 is 2.82 bits per heavy atom. The van der Waals surface area contributed by atoms with Gasteiger partial charge in [-0.1, -0.05) is 0 Å². The molecule has 1 aromatic rings. The lowest BCUT2D eigenvalue weighted by atomic mass is 9.87. The zero-order valence-corrected chi connectivity index (χ0v) is 10.1. The van der Waals surface area contributed by atoms with Crippen molar-refractivity contribution in [2.45, 2.75) is 43.8 Å². The molecule has 0 unspecified atom stereocenters. The molecule has 1 N–H and O–H groups in total. The van der Waals surface area contributed by atoms with Gasteiger partial charge in [0.1, 0.15) is 17.1 Å². The summed E-state index contributed by atoms with van der Waals surface area (Å²) in [4.78, 5) is 0. The van der Waals surface area contributed by atoms with Gasteiger partial charge >= 0.3 is 0 Å². The van der Waals surface area contributed by atoms with Gasteiger partial charge in [0, 0.05) is 18.1 Å². The van der Waals surface area contributed by atoms with Crippen molar-refractivity contribution >= 4 is 0 Å². The fraction of sp³-hybridized carbons (Fsp3) is 0.571. The van der Waals surface area contributed by atoms with E-state index in [1.54, 1.807) is 7.11 Å². The molecule has 1 spiro atoms. The summed E-state index contributed by atoms with van der Waals surface area (Å²) in [6.45, 7) is 0. The smallest absolute Gasteiger partial charge is 0.129 e. The number of methoxy groups -OCH3 is 1. The number of fused-ring (bicyclic) bond motifs is 1. The lowest BCUT2D eigenvalue weighted by Gasteiger charge is -2.38. The Morgan fingerprint density at radius 2 is 2.12 bits per heavy atom. The van der Waals surface area contributed by atoms with Gasteiger partial charge in [0.05, 0.1) is 13.2 Å². The van der Waals surface area contributed by atoms with Gasteiger partial charge in [0.25, 0.3) is 0 Å². The lowest BCUT2D eigenvalue weighted by Crippen LogP contribution is -2.38. The molecule has 1 aliphatic carbocycles. The molecule has 92 valence electrons. The van der Waals surface area contributed by atoms with Gasteiger partial charge in [0.15, 0.2) is 0 Å². The highest BCUT2D eigenvalue weighted by molar-refractivity contribution is 5.44. The summed E-state index contributed by atoms with van der Waals surface area (Å²) in [5, 5.41) is 10.2. The fourth-order valence-corrected chi connectivity index (χ4v) is 3.07. The molecular formula is C14H18O3. The topological polar surface area (TPSA) is 38.7 Å². The second kappa shape index (κ2) is 3.91. The van der Waals surface area contributed by atoms with E-state index in [1.807, 2.05) is 18.2 Å². The average molecular weight is 234 g/mol. The highest BCUT2D eigenvalue weighted by Crippen LogP contribution is 2.47. The summed E-state index contributed by atoms with van der Waals surface area (Å²) in [6.07, 6.45) is 4.84. The summed E-state index contributed by atoms with van der Waals surface area (Å²) in [5.41, 5.74) is 0.766. The number of benzene rings is 1. The van der Waals surface area contributed by atoms with E-state index in [0.717, 1.165) is 36.3 Å². The van der Waals surface area contributed by atoms with Crippen LogP contribution in [-0.2, 0) is 0 Å². The summed E-state index contributed by atoms with van der Waals surface area (Å²) in [7, 11) is 1.65. The van der Waals surface area contributed by atoms with Crippen LogP contribution in [0.4, 0.5) is 0 Å². The second-order valence-corrected chi connectivity index (χ2v) is 5.12. The summed E-state index contributed by atoms with van der Waals surface area (Å²) < 4.78 is 11.4. The third kappa shape index (κ3) is 1.78. The number of ether oxygens (including phenoxy) is 2. The van der Waals surface area contributed by atoms with Crippen LogP contribution in [0.15, 0.2) is 18.2 Å². The second-order valence-electron chi connectivity index (χ2n) is 5.12. The minimum atomic E-state index is -0.400. The first-order valence-electron chi connectivity index (χ1n) is 6.27. The number of hydrogen-bond acceptors (Lipinski definition) is 3. The highest BCUT2D eigenvalue weighted by Gasteiger charge is 2.42. The molecule has 17 heavy (non-hydrogen) atoms. The Hall–Kier alpha value is -1.22. The van der Waals surface area contributed by atoms with Crippen LogP contribution in [0, 0.1) is 0 Å². The minimum Gasteiger partial charge on any atom is -0.497 e. The van der Waals surface area contributed by atoms with E-state index in [1.165, 1.54) is 12.8 Å². The van der Waals surface area contributed by atoms with Crippen LogP contribution < -0.4 is 9.47 Å². The molecule has 1 aromatic carbocycles. The first-order chi connectivity index (χ1) is 8.22. The predicted octanol–water partition coefficient (Wildman–Crippen LogP) is 2.82. The largest absolute Gasteiger partial charge is 0.497 e. The Morgan fingerprint density at radius 1 is 1.35 bits per heavy atom. The molecule has 0 bridgehead atoms. The molecule has 3 rings (SSSR count). The van der Waals surface area contributed by atoms with Crippen LogP contribution >= 0.6 is 0 Å². The lowest BCUT2D eigenvalue weighted by molar-refractivity contribution is -0.00954. The van der Waals surface area contributed by atoms with Crippen molar-refractivity contribution in [3.63, 3.8) is 0 Å². The SMILES string of the molecule is COc1ccc2c(c1)OC1(CCCC1)C[C@H]2O. The highest BCUT2D eigenvalue weighted by atomic mass is 16.5. The quantitative estimate of drug-likeness (QED) is 0.812. The van der Waals surface area contributed by atoms with Crippen LogP contribution in [0.5, 0.6) is 11.5 Å². The summed E-state index contributed by atoms with van der Waals surface area (Å²) in [6, 6.07) is 5.66. The number of aliphatic hydroxyl groups is 1. The zero-order chi connectivity index (χ0) is 11.9. The van der Waals surface area contributed by atoms with E-state index in [-0.39, 0.29) is 5.60 Å². The summed E-state index contributed by atoms with van der Waals surface area (Å²) in [5.74, 6) is 1.58. The molecular weight excluding hydrogens is 216 g/mol. The fourth-order valence-electron chi connectivity index (χ4n) is 3.07. The van der Waals surface area contributed by atoms with Crippen molar-refractivity contribution in [1.29, 1.82) is 0 Å². The molecule has 1 saturated carbocycles.